The average Bonchev–Trinajstić information content (AvgIpc) is 3.35. The van der Waals surface area contributed by atoms with Crippen molar-refractivity contribution in [1.29, 1.82) is 0 Å². The van der Waals surface area contributed by atoms with Crippen LogP contribution in [0.1, 0.15) is 34.6 Å². The molecule has 5 nitrogen and oxygen atoms in total. The lowest BCUT2D eigenvalue weighted by atomic mass is 9.96. The number of aromatic amines is 1. The highest BCUT2D eigenvalue weighted by Gasteiger charge is 2.42. The van der Waals surface area contributed by atoms with Gasteiger partial charge in [0.15, 0.2) is 0 Å². The zero-order valence-corrected chi connectivity index (χ0v) is 16.6. The minimum atomic E-state index is -0.253. The number of amides is 1. The Kier molecular flexibility index (Phi) is 4.56. The number of anilines is 1. The van der Waals surface area contributed by atoms with Crippen LogP contribution in [0.3, 0.4) is 0 Å². The number of fused-ring (bicyclic) bond motifs is 1. The summed E-state index contributed by atoms with van der Waals surface area (Å²) >= 11 is 0. The molecule has 4 aromatic rings. The summed E-state index contributed by atoms with van der Waals surface area (Å²) in [6, 6.07) is 27.4. The summed E-state index contributed by atoms with van der Waals surface area (Å²) in [4.78, 5) is 15.2. The zero-order valence-electron chi connectivity index (χ0n) is 16.6. The Morgan fingerprint density at radius 3 is 2.27 bits per heavy atom. The molecule has 2 heterocycles. The number of nitrogens with zero attached hydrogens (tertiary/aromatic N) is 2. The second-order valence-corrected chi connectivity index (χ2v) is 7.14. The van der Waals surface area contributed by atoms with E-state index in [0.29, 0.717) is 12.3 Å². The summed E-state index contributed by atoms with van der Waals surface area (Å²) in [5.41, 5.74) is 5.07. The summed E-state index contributed by atoms with van der Waals surface area (Å²) in [6.45, 7) is 2.58. The number of hydrogen-bond donors (Lipinski definition) is 1. The van der Waals surface area contributed by atoms with Crippen LogP contribution in [0.2, 0.25) is 0 Å². The SMILES string of the molecule is CCOc1ccc(-c2n[nH]c3c2[C@@H](c2ccccc2)N(c2ccccc2)C3=O)cc1. The van der Waals surface area contributed by atoms with Crippen LogP contribution < -0.4 is 9.64 Å². The van der Waals surface area contributed by atoms with Gasteiger partial charge in [0, 0.05) is 16.8 Å². The fourth-order valence-electron chi connectivity index (χ4n) is 4.05. The van der Waals surface area contributed by atoms with Crippen LogP contribution in [0.25, 0.3) is 11.3 Å². The summed E-state index contributed by atoms with van der Waals surface area (Å²) in [5.74, 6) is 0.741. The fourth-order valence-corrected chi connectivity index (χ4v) is 4.05. The molecule has 148 valence electrons. The molecule has 1 aliphatic rings. The molecule has 1 aromatic heterocycles. The highest BCUT2D eigenvalue weighted by Crippen LogP contribution is 2.44. The number of ether oxygens (including phenoxy) is 1. The van der Waals surface area contributed by atoms with Crippen LogP contribution in [0.5, 0.6) is 5.75 Å². The molecule has 0 spiro atoms. The van der Waals surface area contributed by atoms with Crippen LogP contribution in [0.4, 0.5) is 5.69 Å². The van der Waals surface area contributed by atoms with Crippen molar-refractivity contribution < 1.29 is 9.53 Å². The summed E-state index contributed by atoms with van der Waals surface area (Å²) in [6.07, 6.45) is 0. The van der Waals surface area contributed by atoms with Gasteiger partial charge in [0.1, 0.15) is 11.4 Å². The number of carbonyl (C=O) groups is 1. The molecule has 1 N–H and O–H groups in total. The van der Waals surface area contributed by atoms with E-state index in [1.165, 1.54) is 0 Å². The Hall–Kier alpha value is -3.86. The number of para-hydroxylation sites is 1. The third kappa shape index (κ3) is 2.95. The lowest BCUT2D eigenvalue weighted by Gasteiger charge is -2.26. The Balaban J connectivity index is 1.66. The summed E-state index contributed by atoms with van der Waals surface area (Å²) in [7, 11) is 0. The van der Waals surface area contributed by atoms with E-state index in [1.54, 1.807) is 0 Å². The van der Waals surface area contributed by atoms with Gasteiger partial charge in [0.05, 0.1) is 18.3 Å². The molecule has 0 radical (unpaired) electrons. The molecule has 0 bridgehead atoms. The van der Waals surface area contributed by atoms with Crippen LogP contribution in [-0.2, 0) is 0 Å². The fraction of sp³-hybridized carbons (Fsp3) is 0.120. The third-order valence-corrected chi connectivity index (χ3v) is 5.36. The van der Waals surface area contributed by atoms with E-state index in [-0.39, 0.29) is 11.9 Å². The van der Waals surface area contributed by atoms with Gasteiger partial charge in [0.25, 0.3) is 5.91 Å². The average molecular weight is 395 g/mol. The Bertz CT molecular complexity index is 1170. The van der Waals surface area contributed by atoms with E-state index in [9.17, 15) is 4.79 Å². The number of H-pyrrole nitrogens is 1. The van der Waals surface area contributed by atoms with Crippen LogP contribution in [0.15, 0.2) is 84.9 Å². The predicted molar refractivity (Wildman–Crippen MR) is 117 cm³/mol. The molecule has 0 unspecified atom stereocenters. The summed E-state index contributed by atoms with van der Waals surface area (Å²) in [5, 5.41) is 7.53. The van der Waals surface area contributed by atoms with Crippen molar-refractivity contribution in [2.24, 2.45) is 0 Å². The minimum Gasteiger partial charge on any atom is -0.494 e. The van der Waals surface area contributed by atoms with Crippen molar-refractivity contribution in [3.63, 3.8) is 0 Å². The normalized spacial score (nSPS) is 15.3. The molecule has 0 saturated heterocycles. The molecule has 0 aliphatic carbocycles. The maximum Gasteiger partial charge on any atom is 0.277 e. The first-order valence-corrected chi connectivity index (χ1v) is 10.0. The number of aromatic nitrogens is 2. The van der Waals surface area contributed by atoms with Gasteiger partial charge in [-0.25, -0.2) is 0 Å². The number of benzene rings is 3. The molecule has 3 aromatic carbocycles. The van der Waals surface area contributed by atoms with E-state index in [0.717, 1.165) is 33.8 Å². The largest absolute Gasteiger partial charge is 0.494 e. The smallest absolute Gasteiger partial charge is 0.277 e. The first-order valence-electron chi connectivity index (χ1n) is 10.0. The molecule has 5 heteroatoms. The van der Waals surface area contributed by atoms with Crippen molar-refractivity contribution >= 4 is 11.6 Å². The van der Waals surface area contributed by atoms with Gasteiger partial charge in [-0.15, -0.1) is 0 Å². The molecular formula is C25H21N3O2. The van der Waals surface area contributed by atoms with Gasteiger partial charge >= 0.3 is 0 Å². The molecular weight excluding hydrogens is 374 g/mol. The van der Waals surface area contributed by atoms with Crippen LogP contribution in [-0.4, -0.2) is 22.7 Å². The van der Waals surface area contributed by atoms with Crippen molar-refractivity contribution in [3.05, 3.63) is 102 Å². The van der Waals surface area contributed by atoms with Gasteiger partial charge in [-0.2, -0.15) is 5.10 Å². The standard InChI is InChI=1S/C25H21N3O2/c1-2-30-20-15-13-17(14-16-20)22-21-23(27-26-22)25(29)28(19-11-7-4-8-12-19)24(21)18-9-5-3-6-10-18/h3-16,24H,2H2,1H3,(H,26,27)/t24-/m1/s1. The highest BCUT2D eigenvalue weighted by atomic mass is 16.5. The first-order chi connectivity index (χ1) is 14.8. The minimum absolute atomic E-state index is 0.0743. The summed E-state index contributed by atoms with van der Waals surface area (Å²) < 4.78 is 5.56. The lowest BCUT2D eigenvalue weighted by Crippen LogP contribution is -2.29. The Labute approximate surface area is 174 Å². The van der Waals surface area contributed by atoms with E-state index >= 15 is 0 Å². The van der Waals surface area contributed by atoms with Gasteiger partial charge in [-0.05, 0) is 48.9 Å². The van der Waals surface area contributed by atoms with E-state index in [4.69, 9.17) is 4.74 Å². The maximum absolute atomic E-state index is 13.4. The molecule has 1 amide bonds. The Morgan fingerprint density at radius 1 is 0.933 bits per heavy atom. The molecule has 0 saturated carbocycles. The zero-order chi connectivity index (χ0) is 20.5. The van der Waals surface area contributed by atoms with E-state index in [1.807, 2.05) is 84.6 Å². The molecule has 5 rings (SSSR count). The van der Waals surface area contributed by atoms with Crippen molar-refractivity contribution in [2.45, 2.75) is 13.0 Å². The number of nitrogens with one attached hydrogen (secondary N) is 1. The quantitative estimate of drug-likeness (QED) is 0.504. The maximum atomic E-state index is 13.4. The predicted octanol–water partition coefficient (Wildman–Crippen LogP) is 5.23. The topological polar surface area (TPSA) is 58.2 Å². The number of rotatable bonds is 5. The number of carbonyl (C=O) groups excluding carboxylic acids is 1. The monoisotopic (exact) mass is 395 g/mol. The Morgan fingerprint density at radius 2 is 1.60 bits per heavy atom. The van der Waals surface area contributed by atoms with E-state index < -0.39 is 0 Å². The van der Waals surface area contributed by atoms with Gasteiger partial charge in [-0.1, -0.05) is 48.5 Å². The van der Waals surface area contributed by atoms with Gasteiger partial charge in [0.2, 0.25) is 0 Å². The van der Waals surface area contributed by atoms with Crippen molar-refractivity contribution in [1.82, 2.24) is 10.2 Å². The van der Waals surface area contributed by atoms with E-state index in [2.05, 4.69) is 22.3 Å². The number of hydrogen-bond acceptors (Lipinski definition) is 3. The van der Waals surface area contributed by atoms with Gasteiger partial charge in [-0.3, -0.25) is 14.8 Å². The van der Waals surface area contributed by atoms with Gasteiger partial charge < -0.3 is 4.74 Å². The molecule has 1 atom stereocenters. The highest BCUT2D eigenvalue weighted by molar-refractivity contribution is 6.11. The molecule has 30 heavy (non-hydrogen) atoms. The van der Waals surface area contributed by atoms with Crippen molar-refractivity contribution in [2.75, 3.05) is 11.5 Å². The first kappa shape index (κ1) is 18.2. The second kappa shape index (κ2) is 7.52. The third-order valence-electron chi connectivity index (χ3n) is 5.36. The molecule has 1 aliphatic heterocycles. The van der Waals surface area contributed by atoms with Crippen LogP contribution in [0, 0.1) is 0 Å². The van der Waals surface area contributed by atoms with Crippen LogP contribution >= 0.6 is 0 Å². The van der Waals surface area contributed by atoms with Crippen molar-refractivity contribution in [3.8, 4) is 17.0 Å². The lowest BCUT2D eigenvalue weighted by molar-refractivity contribution is 0.0989. The second-order valence-electron chi connectivity index (χ2n) is 7.14. The molecule has 0 fully saturated rings.